The molecule has 0 saturated heterocycles. The first-order valence-electron chi connectivity index (χ1n) is 6.40. The van der Waals surface area contributed by atoms with Gasteiger partial charge in [-0.25, -0.2) is 0 Å². The molecule has 19 heavy (non-hydrogen) atoms. The number of rotatable bonds is 9. The van der Waals surface area contributed by atoms with Gasteiger partial charge in [-0.1, -0.05) is 0 Å². The summed E-state index contributed by atoms with van der Waals surface area (Å²) in [5.74, 6) is 0.160. The Morgan fingerprint density at radius 1 is 1.37 bits per heavy atom. The number of carbonyl (C=O) groups is 1. The first kappa shape index (κ1) is 16.3. The standard InChI is InChI=1S/C13H21BrN2O3/c1-4-16-12(13(14)10(2)15-16)9-11(17)5-6-19-8-7-18-3/h4-9H2,1-3H3. The Morgan fingerprint density at radius 3 is 2.74 bits per heavy atom. The zero-order chi connectivity index (χ0) is 14.3. The van der Waals surface area contributed by atoms with Crippen molar-refractivity contribution in [3.05, 3.63) is 15.9 Å². The number of hydrogen-bond acceptors (Lipinski definition) is 4. The minimum atomic E-state index is 0.160. The minimum absolute atomic E-state index is 0.160. The van der Waals surface area contributed by atoms with Crippen LogP contribution in [0.1, 0.15) is 24.7 Å². The van der Waals surface area contributed by atoms with Gasteiger partial charge < -0.3 is 9.47 Å². The molecule has 1 aromatic heterocycles. The third kappa shape index (κ3) is 5.04. The van der Waals surface area contributed by atoms with Crippen molar-refractivity contribution in [1.82, 2.24) is 9.78 Å². The lowest BCUT2D eigenvalue weighted by molar-refractivity contribution is -0.119. The van der Waals surface area contributed by atoms with E-state index in [1.807, 2.05) is 18.5 Å². The molecule has 6 heteroatoms. The van der Waals surface area contributed by atoms with Gasteiger partial charge in [-0.3, -0.25) is 9.48 Å². The molecule has 0 N–H and O–H groups in total. The van der Waals surface area contributed by atoms with Crippen LogP contribution in [0.5, 0.6) is 0 Å². The average molecular weight is 333 g/mol. The highest BCUT2D eigenvalue weighted by molar-refractivity contribution is 9.10. The second-order valence-corrected chi connectivity index (χ2v) is 5.03. The summed E-state index contributed by atoms with van der Waals surface area (Å²) in [6.45, 7) is 6.23. The second kappa shape index (κ2) is 8.45. The van der Waals surface area contributed by atoms with Gasteiger partial charge in [0.1, 0.15) is 5.78 Å². The Hall–Kier alpha value is -0.720. The number of aromatic nitrogens is 2. The number of aryl methyl sites for hydroxylation is 2. The van der Waals surface area contributed by atoms with Crippen LogP contribution in [0.2, 0.25) is 0 Å². The van der Waals surface area contributed by atoms with Crippen LogP contribution in [-0.2, 0) is 27.2 Å². The molecule has 0 aliphatic carbocycles. The SMILES string of the molecule is CCn1nc(C)c(Br)c1CC(=O)CCOCCOC. The molecular weight excluding hydrogens is 312 g/mol. The first-order valence-corrected chi connectivity index (χ1v) is 7.19. The Morgan fingerprint density at radius 2 is 2.11 bits per heavy atom. The van der Waals surface area contributed by atoms with Crippen LogP contribution in [0, 0.1) is 6.92 Å². The van der Waals surface area contributed by atoms with Crippen molar-refractivity contribution in [1.29, 1.82) is 0 Å². The van der Waals surface area contributed by atoms with Crippen LogP contribution in [0.15, 0.2) is 4.47 Å². The number of ether oxygens (including phenoxy) is 2. The molecule has 0 radical (unpaired) electrons. The number of nitrogens with zero attached hydrogens (tertiary/aromatic N) is 2. The Bertz CT molecular complexity index is 418. The highest BCUT2D eigenvalue weighted by atomic mass is 79.9. The van der Waals surface area contributed by atoms with Gasteiger partial charge in [0.05, 0.1) is 35.7 Å². The lowest BCUT2D eigenvalue weighted by Gasteiger charge is -2.06. The lowest BCUT2D eigenvalue weighted by Crippen LogP contribution is -2.13. The van der Waals surface area contributed by atoms with Gasteiger partial charge in [0.2, 0.25) is 0 Å². The Balaban J connectivity index is 2.44. The minimum Gasteiger partial charge on any atom is -0.382 e. The van der Waals surface area contributed by atoms with E-state index in [0.717, 1.165) is 22.4 Å². The lowest BCUT2D eigenvalue weighted by atomic mass is 10.1. The maximum Gasteiger partial charge on any atom is 0.141 e. The first-order chi connectivity index (χ1) is 9.10. The molecule has 0 saturated carbocycles. The highest BCUT2D eigenvalue weighted by Crippen LogP contribution is 2.21. The van der Waals surface area contributed by atoms with Gasteiger partial charge >= 0.3 is 0 Å². The summed E-state index contributed by atoms with van der Waals surface area (Å²) in [7, 11) is 1.63. The summed E-state index contributed by atoms with van der Waals surface area (Å²) in [4.78, 5) is 11.9. The molecule has 108 valence electrons. The van der Waals surface area contributed by atoms with E-state index in [2.05, 4.69) is 21.0 Å². The number of methoxy groups -OCH3 is 1. The van der Waals surface area contributed by atoms with Crippen LogP contribution >= 0.6 is 15.9 Å². The van der Waals surface area contributed by atoms with E-state index in [9.17, 15) is 4.79 Å². The zero-order valence-corrected chi connectivity index (χ0v) is 13.3. The third-order valence-corrected chi connectivity index (χ3v) is 3.81. The van der Waals surface area contributed by atoms with Crippen LogP contribution in [0.25, 0.3) is 0 Å². The van der Waals surface area contributed by atoms with E-state index >= 15 is 0 Å². The molecule has 0 fully saturated rings. The van der Waals surface area contributed by atoms with E-state index in [1.165, 1.54) is 0 Å². The van der Waals surface area contributed by atoms with Crippen molar-refractivity contribution in [3.63, 3.8) is 0 Å². The van der Waals surface area contributed by atoms with Crippen molar-refractivity contribution >= 4 is 21.7 Å². The smallest absolute Gasteiger partial charge is 0.141 e. The summed E-state index contributed by atoms with van der Waals surface area (Å²) < 4.78 is 13.0. The summed E-state index contributed by atoms with van der Waals surface area (Å²) in [5.41, 5.74) is 1.86. The molecule has 0 bridgehead atoms. The van der Waals surface area contributed by atoms with Crippen molar-refractivity contribution < 1.29 is 14.3 Å². The monoisotopic (exact) mass is 332 g/mol. The largest absolute Gasteiger partial charge is 0.382 e. The molecule has 0 aliphatic heterocycles. The van der Waals surface area contributed by atoms with E-state index < -0.39 is 0 Å². The molecule has 1 aromatic rings. The van der Waals surface area contributed by atoms with Gasteiger partial charge in [-0.05, 0) is 29.8 Å². The zero-order valence-electron chi connectivity index (χ0n) is 11.7. The molecule has 0 aliphatic rings. The summed E-state index contributed by atoms with van der Waals surface area (Å²) in [6, 6.07) is 0. The van der Waals surface area contributed by atoms with Crippen molar-refractivity contribution in [3.8, 4) is 0 Å². The number of halogens is 1. The van der Waals surface area contributed by atoms with E-state index in [-0.39, 0.29) is 5.78 Å². The second-order valence-electron chi connectivity index (χ2n) is 4.23. The van der Waals surface area contributed by atoms with Crippen LogP contribution in [0.3, 0.4) is 0 Å². The van der Waals surface area contributed by atoms with E-state index in [0.29, 0.717) is 32.7 Å². The predicted molar refractivity (Wildman–Crippen MR) is 76.4 cm³/mol. The summed E-state index contributed by atoms with van der Waals surface area (Å²) in [6.07, 6.45) is 0.812. The molecule has 1 heterocycles. The molecule has 0 atom stereocenters. The molecule has 0 amide bonds. The van der Waals surface area contributed by atoms with Crippen molar-refractivity contribution in [2.45, 2.75) is 33.2 Å². The quantitative estimate of drug-likeness (QED) is 0.650. The number of ketones is 1. The molecular formula is C13H21BrN2O3. The molecule has 5 nitrogen and oxygen atoms in total. The van der Waals surface area contributed by atoms with E-state index in [4.69, 9.17) is 9.47 Å². The van der Waals surface area contributed by atoms with Crippen LogP contribution < -0.4 is 0 Å². The maximum atomic E-state index is 11.9. The topological polar surface area (TPSA) is 53.4 Å². The fraction of sp³-hybridized carbons (Fsp3) is 0.692. The third-order valence-electron chi connectivity index (χ3n) is 2.77. The average Bonchev–Trinajstić information content (AvgIpc) is 2.66. The normalized spacial score (nSPS) is 10.9. The maximum absolute atomic E-state index is 11.9. The van der Waals surface area contributed by atoms with Crippen molar-refractivity contribution in [2.75, 3.05) is 26.9 Å². The highest BCUT2D eigenvalue weighted by Gasteiger charge is 2.15. The molecule has 1 rings (SSSR count). The van der Waals surface area contributed by atoms with Gasteiger partial charge in [0.15, 0.2) is 0 Å². The van der Waals surface area contributed by atoms with Crippen LogP contribution in [-0.4, -0.2) is 42.5 Å². The van der Waals surface area contributed by atoms with Gasteiger partial charge in [0.25, 0.3) is 0 Å². The fourth-order valence-corrected chi connectivity index (χ4v) is 2.17. The summed E-state index contributed by atoms with van der Waals surface area (Å²) in [5, 5.41) is 4.37. The number of Topliss-reactive ketones (excluding diaryl/α,β-unsaturated/α-hetero) is 1. The Kier molecular flexibility index (Phi) is 7.27. The number of carbonyl (C=O) groups excluding carboxylic acids is 1. The Labute approximate surface area is 122 Å². The van der Waals surface area contributed by atoms with Gasteiger partial charge in [0, 0.05) is 26.5 Å². The van der Waals surface area contributed by atoms with E-state index in [1.54, 1.807) is 7.11 Å². The fourth-order valence-electron chi connectivity index (χ4n) is 1.74. The molecule has 0 unspecified atom stereocenters. The predicted octanol–water partition coefficient (Wildman–Crippen LogP) is 2.14. The molecule has 0 aromatic carbocycles. The van der Waals surface area contributed by atoms with Gasteiger partial charge in [-0.15, -0.1) is 0 Å². The van der Waals surface area contributed by atoms with Crippen molar-refractivity contribution in [2.24, 2.45) is 0 Å². The molecule has 0 spiro atoms. The summed E-state index contributed by atoms with van der Waals surface area (Å²) >= 11 is 3.49. The van der Waals surface area contributed by atoms with Crippen LogP contribution in [0.4, 0.5) is 0 Å². The van der Waals surface area contributed by atoms with Gasteiger partial charge in [-0.2, -0.15) is 5.10 Å². The number of hydrogen-bond donors (Lipinski definition) is 0.